The summed E-state index contributed by atoms with van der Waals surface area (Å²) in [6.07, 6.45) is 0.339. The number of nitrogens with zero attached hydrogens (tertiary/aromatic N) is 1. The van der Waals surface area contributed by atoms with Gasteiger partial charge in [0.15, 0.2) is 1.41 Å². The van der Waals surface area contributed by atoms with E-state index in [2.05, 4.69) is 5.32 Å². The van der Waals surface area contributed by atoms with E-state index >= 15 is 0 Å². The number of amides is 4. The second kappa shape index (κ2) is 8.31. The summed E-state index contributed by atoms with van der Waals surface area (Å²) < 4.78 is 37.0. The van der Waals surface area contributed by atoms with Crippen molar-refractivity contribution in [1.29, 1.82) is 0 Å². The smallest absolute Gasteiger partial charge is 0.346 e. The van der Waals surface area contributed by atoms with Crippen molar-refractivity contribution in [3.8, 4) is 0 Å². The lowest BCUT2D eigenvalue weighted by atomic mass is 10.0. The number of rotatable bonds is 5. The summed E-state index contributed by atoms with van der Waals surface area (Å²) >= 11 is 5.70. The van der Waals surface area contributed by atoms with Gasteiger partial charge >= 0.3 is 5.92 Å². The second-order valence-electron chi connectivity index (χ2n) is 7.59. The molecule has 2 aromatic carbocycles. The van der Waals surface area contributed by atoms with Crippen LogP contribution in [0.5, 0.6) is 0 Å². The fourth-order valence-electron chi connectivity index (χ4n) is 3.77. The Balaban J connectivity index is 1.47. The third kappa shape index (κ3) is 4.08. The fraction of sp³-hybridized carbons (Fsp3) is 0.273. The number of alkyl halides is 2. The van der Waals surface area contributed by atoms with Crippen LogP contribution in [0.15, 0.2) is 42.5 Å². The van der Waals surface area contributed by atoms with Gasteiger partial charge in [0.25, 0.3) is 11.8 Å². The third-order valence-corrected chi connectivity index (χ3v) is 5.72. The maximum absolute atomic E-state index is 14.6. The molecular formula is C22H18ClF2N3O4. The first-order valence-corrected chi connectivity index (χ1v) is 10.2. The van der Waals surface area contributed by atoms with Crippen LogP contribution in [0.25, 0.3) is 0 Å². The molecule has 4 rings (SSSR count). The molecule has 4 amide bonds. The Labute approximate surface area is 188 Å². The number of carbonyl (C=O) groups is 4. The van der Waals surface area contributed by atoms with Crippen LogP contribution >= 0.6 is 11.6 Å². The molecule has 0 bridgehead atoms. The quantitative estimate of drug-likeness (QED) is 0.667. The summed E-state index contributed by atoms with van der Waals surface area (Å²) in [4.78, 5) is 49.9. The maximum atomic E-state index is 14.6. The molecule has 1 saturated heterocycles. The molecule has 2 aliphatic heterocycles. The van der Waals surface area contributed by atoms with Crippen molar-refractivity contribution < 1.29 is 29.4 Å². The van der Waals surface area contributed by atoms with Crippen molar-refractivity contribution in [3.63, 3.8) is 0 Å². The zero-order chi connectivity index (χ0) is 23.9. The Morgan fingerprint density at radius 3 is 2.62 bits per heavy atom. The lowest BCUT2D eigenvalue weighted by molar-refractivity contribution is -0.147. The van der Waals surface area contributed by atoms with Crippen molar-refractivity contribution in [1.82, 2.24) is 15.5 Å². The molecule has 2 aliphatic rings. The number of hydrogen-bond donors (Lipinski definition) is 2. The van der Waals surface area contributed by atoms with Gasteiger partial charge in [-0.2, -0.15) is 8.78 Å². The van der Waals surface area contributed by atoms with Crippen LogP contribution in [0.1, 0.15) is 39.9 Å². The number of fused-ring (bicyclic) bond motifs is 1. The highest BCUT2D eigenvalue weighted by Crippen LogP contribution is 2.30. The summed E-state index contributed by atoms with van der Waals surface area (Å²) in [6.45, 7) is -0.330. The summed E-state index contributed by atoms with van der Waals surface area (Å²) in [7, 11) is 0. The van der Waals surface area contributed by atoms with Gasteiger partial charge in [0.05, 0.1) is 0 Å². The Hall–Kier alpha value is -3.33. The summed E-state index contributed by atoms with van der Waals surface area (Å²) in [5, 5.41) is 2.63. The van der Waals surface area contributed by atoms with Crippen molar-refractivity contribution >= 4 is 35.2 Å². The van der Waals surface area contributed by atoms with Crippen LogP contribution in [-0.2, 0) is 33.4 Å². The molecule has 7 nitrogen and oxygen atoms in total. The topological polar surface area (TPSA) is 95.6 Å². The minimum Gasteiger partial charge on any atom is -0.346 e. The van der Waals surface area contributed by atoms with E-state index in [4.69, 9.17) is 13.0 Å². The Morgan fingerprint density at radius 1 is 1.22 bits per heavy atom. The molecule has 1 unspecified atom stereocenters. The first-order chi connectivity index (χ1) is 15.6. The van der Waals surface area contributed by atoms with Crippen LogP contribution in [-0.4, -0.2) is 34.6 Å². The number of nitrogens with one attached hydrogen (secondary N) is 2. The van der Waals surface area contributed by atoms with Gasteiger partial charge in [0.2, 0.25) is 11.8 Å². The van der Waals surface area contributed by atoms with Crippen LogP contribution in [0.4, 0.5) is 8.78 Å². The van der Waals surface area contributed by atoms with Crippen molar-refractivity contribution in [2.45, 2.75) is 37.9 Å². The van der Waals surface area contributed by atoms with E-state index in [-0.39, 0.29) is 35.6 Å². The molecule has 2 N–H and O–H groups in total. The number of hydrogen-bond acceptors (Lipinski definition) is 4. The maximum Gasteiger partial charge on any atom is 0.349 e. The first kappa shape index (κ1) is 20.6. The number of piperidine rings is 1. The molecule has 2 aromatic rings. The standard InChI is InChI=1S/C22H18ClF2N3O4/c23-15-4-2-14(3-5-15)22(24,25)21(32)26-10-12-1-6-16-13(9-12)11-28(20(16)31)17-7-8-18(29)27-19(17)30/h1-6,9,17H,7-8,10-11H2,(H,26,32)(H,27,29,30)/i/hD. The van der Waals surface area contributed by atoms with E-state index in [1.807, 2.05) is 0 Å². The van der Waals surface area contributed by atoms with E-state index in [1.54, 1.807) is 6.07 Å². The largest absolute Gasteiger partial charge is 0.349 e. The number of benzene rings is 2. The number of imide groups is 1. The van der Waals surface area contributed by atoms with E-state index < -0.39 is 41.8 Å². The van der Waals surface area contributed by atoms with E-state index in [0.717, 1.165) is 12.1 Å². The molecule has 0 radical (unpaired) electrons. The molecule has 0 aliphatic carbocycles. The lowest BCUT2D eigenvalue weighted by Crippen LogP contribution is -2.52. The van der Waals surface area contributed by atoms with Crippen molar-refractivity contribution in [3.05, 3.63) is 69.7 Å². The molecule has 10 heteroatoms. The number of halogens is 3. The molecule has 2 heterocycles. The van der Waals surface area contributed by atoms with Crippen LogP contribution in [0, 0.1) is 0 Å². The van der Waals surface area contributed by atoms with E-state index in [0.29, 0.717) is 16.7 Å². The van der Waals surface area contributed by atoms with Gasteiger partial charge in [-0.3, -0.25) is 24.5 Å². The highest BCUT2D eigenvalue weighted by molar-refractivity contribution is 6.30. The average Bonchev–Trinajstić information content (AvgIpc) is 3.09. The zero-order valence-corrected chi connectivity index (χ0v) is 17.4. The zero-order valence-electron chi connectivity index (χ0n) is 17.6. The van der Waals surface area contributed by atoms with Crippen LogP contribution in [0.3, 0.4) is 0 Å². The predicted octanol–water partition coefficient (Wildman–Crippen LogP) is 2.51. The van der Waals surface area contributed by atoms with Crippen molar-refractivity contribution in [2.24, 2.45) is 0 Å². The summed E-state index contributed by atoms with van der Waals surface area (Å²) in [5.41, 5.74) is 0.695. The van der Waals surface area contributed by atoms with Gasteiger partial charge in [-0.1, -0.05) is 35.9 Å². The Kier molecular flexibility index (Phi) is 5.34. The lowest BCUT2D eigenvalue weighted by Gasteiger charge is -2.29. The average molecular weight is 463 g/mol. The minimum atomic E-state index is -3.92. The molecule has 0 saturated carbocycles. The highest BCUT2D eigenvalue weighted by Gasteiger charge is 2.41. The van der Waals surface area contributed by atoms with Gasteiger partial charge in [0, 0.05) is 35.7 Å². The van der Waals surface area contributed by atoms with Gasteiger partial charge in [-0.15, -0.1) is 0 Å². The van der Waals surface area contributed by atoms with Gasteiger partial charge < -0.3 is 10.2 Å². The molecule has 0 spiro atoms. The molecule has 1 fully saturated rings. The van der Waals surface area contributed by atoms with Gasteiger partial charge in [-0.05, 0) is 35.7 Å². The molecule has 0 aromatic heterocycles. The Bertz CT molecular complexity index is 1160. The molecule has 166 valence electrons. The fourth-order valence-corrected chi connectivity index (χ4v) is 3.90. The third-order valence-electron chi connectivity index (χ3n) is 5.47. The summed E-state index contributed by atoms with van der Waals surface area (Å²) in [5.74, 6) is -6.93. The van der Waals surface area contributed by atoms with Gasteiger partial charge in [-0.25, -0.2) is 0 Å². The van der Waals surface area contributed by atoms with Crippen LogP contribution in [0.2, 0.25) is 6.43 Å². The van der Waals surface area contributed by atoms with Gasteiger partial charge in [0.1, 0.15) is 6.04 Å². The molecular weight excluding hydrogens is 444 g/mol. The van der Waals surface area contributed by atoms with E-state index in [1.165, 1.54) is 29.2 Å². The minimum absolute atomic E-state index is 0.0984. The summed E-state index contributed by atoms with van der Waals surface area (Å²) in [6, 6.07) is 8.24. The van der Waals surface area contributed by atoms with Crippen molar-refractivity contribution in [2.75, 3.05) is 0 Å². The first-order valence-electron chi connectivity index (χ1n) is 10.2. The van der Waals surface area contributed by atoms with Crippen LogP contribution < -0.4 is 10.6 Å². The predicted molar refractivity (Wildman–Crippen MR) is 110 cm³/mol. The molecule has 32 heavy (non-hydrogen) atoms. The monoisotopic (exact) mass is 462 g/mol. The molecule has 1 atom stereocenters. The highest BCUT2D eigenvalue weighted by atomic mass is 35.5. The Morgan fingerprint density at radius 2 is 1.94 bits per heavy atom. The SMILES string of the molecule is [2H]N(Cc1ccc2c(c1)CN(C1CCC(=O)NC1=O)C2=O)C(=O)C(F)(F)c1ccc(Cl)cc1. The van der Waals surface area contributed by atoms with E-state index in [9.17, 15) is 28.0 Å². The normalized spacial score (nSPS) is 18.8. The second-order valence-corrected chi connectivity index (χ2v) is 8.03. The number of carbonyl (C=O) groups excluding carboxylic acids is 4.